The Morgan fingerprint density at radius 1 is 1.00 bits per heavy atom. The van der Waals surface area contributed by atoms with Gasteiger partial charge in [0.25, 0.3) is 0 Å². The van der Waals surface area contributed by atoms with E-state index in [0.29, 0.717) is 19.3 Å². The van der Waals surface area contributed by atoms with Crippen LogP contribution in [-0.4, -0.2) is 34.3 Å². The summed E-state index contributed by atoms with van der Waals surface area (Å²) in [5.41, 5.74) is 4.98. The van der Waals surface area contributed by atoms with Crippen molar-refractivity contribution in [1.82, 2.24) is 14.5 Å². The topological polar surface area (TPSA) is 61.2 Å². The first-order valence-electron chi connectivity index (χ1n) is 13.0. The first kappa shape index (κ1) is 23.7. The lowest BCUT2D eigenvalue weighted by Crippen LogP contribution is -2.27. The number of hydrogen-bond acceptors (Lipinski definition) is 5. The molecule has 6 nitrogen and oxygen atoms in total. The van der Waals surface area contributed by atoms with E-state index < -0.39 is 0 Å². The summed E-state index contributed by atoms with van der Waals surface area (Å²) in [6.45, 7) is 1.12. The van der Waals surface area contributed by atoms with Crippen LogP contribution in [0, 0.1) is 5.82 Å². The van der Waals surface area contributed by atoms with Gasteiger partial charge in [-0.2, -0.15) is 0 Å². The zero-order valence-corrected chi connectivity index (χ0v) is 21.0. The van der Waals surface area contributed by atoms with Gasteiger partial charge in [-0.05, 0) is 79.8 Å². The second-order valence-electron chi connectivity index (χ2n) is 9.86. The van der Waals surface area contributed by atoms with Crippen molar-refractivity contribution < 1.29 is 13.9 Å². The van der Waals surface area contributed by atoms with Crippen molar-refractivity contribution in [2.75, 3.05) is 19.0 Å². The number of nitrogens with zero attached hydrogens (tertiary/aromatic N) is 3. The molecule has 3 heterocycles. The Hall–Kier alpha value is -3.71. The minimum absolute atomic E-state index is 0.168. The first-order valence-corrected chi connectivity index (χ1v) is 13.0. The second-order valence-corrected chi connectivity index (χ2v) is 9.86. The predicted molar refractivity (Wildman–Crippen MR) is 142 cm³/mol. The van der Waals surface area contributed by atoms with Crippen molar-refractivity contribution in [3.63, 3.8) is 0 Å². The van der Waals surface area contributed by atoms with E-state index in [1.54, 1.807) is 19.2 Å². The van der Waals surface area contributed by atoms with E-state index in [4.69, 9.17) is 14.5 Å². The average molecular weight is 499 g/mol. The van der Waals surface area contributed by atoms with E-state index >= 15 is 0 Å². The quantitative estimate of drug-likeness (QED) is 0.288. The Balaban J connectivity index is 1.30. The van der Waals surface area contributed by atoms with Crippen LogP contribution in [-0.2, 0) is 17.8 Å². The van der Waals surface area contributed by atoms with Gasteiger partial charge in [0, 0.05) is 29.8 Å². The van der Waals surface area contributed by atoms with Crippen LogP contribution in [0.3, 0.4) is 0 Å². The molecule has 0 saturated heterocycles. The first-order chi connectivity index (χ1) is 18.2. The van der Waals surface area contributed by atoms with Gasteiger partial charge in [-0.1, -0.05) is 12.1 Å². The number of fused-ring (bicyclic) bond motifs is 1. The standard InChI is InChI=1S/C30H31FN4O2/c1-36-26-12-5-20(6-13-26)18-37-19-25-11-14-28-34-29(21-7-9-23(31)10-8-21)30(35(25)28)22-15-16-32-27(17-22)33-24-3-2-4-24/h5-10,12-13,15-17,24-25H,2-4,11,14,18-19H2,1H3,(H,32,33). The summed E-state index contributed by atoms with van der Waals surface area (Å²) in [6.07, 6.45) is 7.34. The third kappa shape index (κ3) is 4.96. The highest BCUT2D eigenvalue weighted by Crippen LogP contribution is 2.40. The Labute approximate surface area is 216 Å². The van der Waals surface area contributed by atoms with Crippen LogP contribution in [0.1, 0.15) is 43.1 Å². The van der Waals surface area contributed by atoms with Gasteiger partial charge in [0.15, 0.2) is 0 Å². The highest BCUT2D eigenvalue weighted by Gasteiger charge is 2.30. The number of aromatic nitrogens is 3. The Morgan fingerprint density at radius 2 is 1.81 bits per heavy atom. The summed E-state index contributed by atoms with van der Waals surface area (Å²) in [5, 5.41) is 3.56. The van der Waals surface area contributed by atoms with Gasteiger partial charge in [-0.15, -0.1) is 0 Å². The lowest BCUT2D eigenvalue weighted by atomic mass is 9.93. The van der Waals surface area contributed by atoms with E-state index in [1.807, 2.05) is 36.5 Å². The van der Waals surface area contributed by atoms with E-state index in [9.17, 15) is 4.39 Å². The van der Waals surface area contributed by atoms with Crippen molar-refractivity contribution >= 4 is 5.82 Å². The number of methoxy groups -OCH3 is 1. The van der Waals surface area contributed by atoms with Crippen molar-refractivity contribution in [2.45, 2.75) is 50.8 Å². The average Bonchev–Trinajstić information content (AvgIpc) is 3.47. The fourth-order valence-electron chi connectivity index (χ4n) is 5.17. The monoisotopic (exact) mass is 498 g/mol. The molecule has 0 amide bonds. The molecule has 0 bridgehead atoms. The molecule has 6 rings (SSSR count). The Kier molecular flexibility index (Phi) is 6.62. The van der Waals surface area contributed by atoms with Gasteiger partial charge >= 0.3 is 0 Å². The third-order valence-electron chi connectivity index (χ3n) is 7.40. The van der Waals surface area contributed by atoms with E-state index in [0.717, 1.165) is 58.3 Å². The number of hydrogen-bond donors (Lipinski definition) is 1. The maximum absolute atomic E-state index is 13.7. The highest BCUT2D eigenvalue weighted by atomic mass is 19.1. The molecule has 1 N–H and O–H groups in total. The largest absolute Gasteiger partial charge is 0.497 e. The fraction of sp³-hybridized carbons (Fsp3) is 0.333. The maximum atomic E-state index is 13.7. The van der Waals surface area contributed by atoms with Crippen molar-refractivity contribution in [3.8, 4) is 28.3 Å². The molecule has 190 valence electrons. The molecule has 0 spiro atoms. The molecule has 1 saturated carbocycles. The van der Waals surface area contributed by atoms with Gasteiger partial charge in [-0.3, -0.25) is 0 Å². The molecule has 2 aliphatic rings. The number of pyridine rings is 1. The molecular formula is C30H31FN4O2. The van der Waals surface area contributed by atoms with Crippen LogP contribution in [0.5, 0.6) is 5.75 Å². The minimum atomic E-state index is -0.252. The Bertz CT molecular complexity index is 1360. The number of nitrogens with one attached hydrogen (secondary N) is 1. The zero-order valence-electron chi connectivity index (χ0n) is 21.0. The second kappa shape index (κ2) is 10.3. The van der Waals surface area contributed by atoms with Crippen molar-refractivity contribution in [3.05, 3.63) is 84.1 Å². The van der Waals surface area contributed by atoms with E-state index in [1.165, 1.54) is 31.4 Å². The third-order valence-corrected chi connectivity index (χ3v) is 7.40. The highest BCUT2D eigenvalue weighted by molar-refractivity contribution is 5.80. The van der Waals surface area contributed by atoms with Crippen LogP contribution in [0.15, 0.2) is 66.9 Å². The van der Waals surface area contributed by atoms with Crippen LogP contribution >= 0.6 is 0 Å². The molecule has 1 unspecified atom stereocenters. The van der Waals surface area contributed by atoms with Gasteiger partial charge in [-0.25, -0.2) is 14.4 Å². The number of anilines is 1. The zero-order chi connectivity index (χ0) is 25.2. The fourth-order valence-corrected chi connectivity index (χ4v) is 5.17. The van der Waals surface area contributed by atoms with Crippen molar-refractivity contribution in [2.24, 2.45) is 0 Å². The SMILES string of the molecule is COc1ccc(COCC2CCc3nc(-c4ccc(F)cc4)c(-c4ccnc(NC5CCC5)c4)n32)cc1. The van der Waals surface area contributed by atoms with Gasteiger partial charge in [0.1, 0.15) is 23.2 Å². The maximum Gasteiger partial charge on any atom is 0.126 e. The number of benzene rings is 2. The molecule has 0 radical (unpaired) electrons. The van der Waals surface area contributed by atoms with Gasteiger partial charge in [0.2, 0.25) is 0 Å². The molecular weight excluding hydrogens is 467 g/mol. The number of imidazole rings is 1. The summed E-state index contributed by atoms with van der Waals surface area (Å²) in [4.78, 5) is 9.62. The summed E-state index contributed by atoms with van der Waals surface area (Å²) < 4.78 is 27.5. The normalized spacial score (nSPS) is 16.9. The minimum Gasteiger partial charge on any atom is -0.497 e. The molecule has 2 aromatic carbocycles. The predicted octanol–water partition coefficient (Wildman–Crippen LogP) is 6.43. The molecule has 1 fully saturated rings. The van der Waals surface area contributed by atoms with Crippen LogP contribution in [0.2, 0.25) is 0 Å². The molecule has 37 heavy (non-hydrogen) atoms. The van der Waals surface area contributed by atoms with Crippen molar-refractivity contribution in [1.29, 1.82) is 0 Å². The van der Waals surface area contributed by atoms with Gasteiger partial charge < -0.3 is 19.4 Å². The van der Waals surface area contributed by atoms with Gasteiger partial charge in [0.05, 0.1) is 37.8 Å². The molecule has 7 heteroatoms. The number of ether oxygens (including phenoxy) is 2. The van der Waals surface area contributed by atoms with Crippen LogP contribution in [0.4, 0.5) is 10.2 Å². The van der Waals surface area contributed by atoms with E-state index in [-0.39, 0.29) is 11.9 Å². The molecule has 1 aliphatic carbocycles. The smallest absolute Gasteiger partial charge is 0.126 e. The van der Waals surface area contributed by atoms with E-state index in [2.05, 4.69) is 20.9 Å². The lowest BCUT2D eigenvalue weighted by Gasteiger charge is -2.27. The summed E-state index contributed by atoms with van der Waals surface area (Å²) >= 11 is 0. The van der Waals surface area contributed by atoms with Crippen LogP contribution < -0.4 is 10.1 Å². The summed E-state index contributed by atoms with van der Waals surface area (Å²) in [7, 11) is 1.67. The summed E-state index contributed by atoms with van der Waals surface area (Å²) in [5.74, 6) is 2.51. The molecule has 2 aromatic heterocycles. The number of rotatable bonds is 9. The van der Waals surface area contributed by atoms with Crippen LogP contribution in [0.25, 0.3) is 22.5 Å². The number of aryl methyl sites for hydroxylation is 1. The number of halogens is 1. The lowest BCUT2D eigenvalue weighted by molar-refractivity contribution is 0.0925. The molecule has 4 aromatic rings. The summed E-state index contributed by atoms with van der Waals surface area (Å²) in [6, 6.07) is 19.4. The molecule has 1 atom stereocenters. The molecule has 1 aliphatic heterocycles. The Morgan fingerprint density at radius 3 is 2.54 bits per heavy atom.